The molecule has 1 aliphatic rings. The molecule has 0 radical (unpaired) electrons. The number of rotatable bonds is 3. The van der Waals surface area contributed by atoms with Crippen LogP contribution in [0, 0.1) is 0 Å². The van der Waals surface area contributed by atoms with Crippen molar-refractivity contribution in [2.75, 3.05) is 25.1 Å². The number of nitrogen functional groups attached to an aromatic ring is 1. The number of hydrogen-bond donors (Lipinski definition) is 3. The van der Waals surface area contributed by atoms with Gasteiger partial charge in [0.05, 0.1) is 0 Å². The minimum absolute atomic E-state index is 0.0841. The van der Waals surface area contributed by atoms with E-state index < -0.39 is 10.0 Å². The average Bonchev–Trinajstić information content (AvgIpc) is 2.64. The van der Waals surface area contributed by atoms with E-state index in [0.29, 0.717) is 12.4 Å². The Morgan fingerprint density at radius 2 is 2.16 bits per heavy atom. The van der Waals surface area contributed by atoms with E-state index in [0.717, 1.165) is 0 Å². The largest absolute Gasteiger partial charge is 0.355 e. The highest BCUT2D eigenvalue weighted by molar-refractivity contribution is 7.89. The first-order chi connectivity index (χ1) is 9.04. The van der Waals surface area contributed by atoms with Crippen LogP contribution in [0.15, 0.2) is 23.2 Å². The lowest BCUT2D eigenvalue weighted by Gasteiger charge is -2.18. The Balaban J connectivity index is 2.22. The van der Waals surface area contributed by atoms with E-state index in [4.69, 9.17) is 5.84 Å². The summed E-state index contributed by atoms with van der Waals surface area (Å²) in [4.78, 5) is 15.2. The molecule has 1 fully saturated rings. The quantitative estimate of drug-likeness (QED) is 0.478. The van der Waals surface area contributed by atoms with Gasteiger partial charge in [0.15, 0.2) is 0 Å². The molecule has 1 aromatic heterocycles. The lowest BCUT2D eigenvalue weighted by molar-refractivity contribution is -0.120. The van der Waals surface area contributed by atoms with Crippen molar-refractivity contribution in [3.05, 3.63) is 18.3 Å². The van der Waals surface area contributed by atoms with Gasteiger partial charge in [-0.1, -0.05) is 0 Å². The molecule has 1 saturated heterocycles. The van der Waals surface area contributed by atoms with Crippen molar-refractivity contribution in [1.82, 2.24) is 14.6 Å². The van der Waals surface area contributed by atoms with Gasteiger partial charge in [-0.15, -0.1) is 0 Å². The molecule has 0 bridgehead atoms. The number of pyridine rings is 1. The van der Waals surface area contributed by atoms with Gasteiger partial charge in [0.1, 0.15) is 10.7 Å². The van der Waals surface area contributed by atoms with Crippen LogP contribution in [-0.4, -0.2) is 43.2 Å². The first-order valence-corrected chi connectivity index (χ1v) is 7.17. The minimum Gasteiger partial charge on any atom is -0.355 e. The van der Waals surface area contributed by atoms with Crippen molar-refractivity contribution in [3.63, 3.8) is 0 Å². The molecule has 19 heavy (non-hydrogen) atoms. The Morgan fingerprint density at radius 1 is 1.37 bits per heavy atom. The van der Waals surface area contributed by atoms with Gasteiger partial charge in [-0.25, -0.2) is 19.2 Å². The van der Waals surface area contributed by atoms with E-state index in [9.17, 15) is 13.2 Å². The maximum atomic E-state index is 12.3. The molecule has 8 nitrogen and oxygen atoms in total. The van der Waals surface area contributed by atoms with Crippen LogP contribution < -0.4 is 16.6 Å². The second-order valence-electron chi connectivity index (χ2n) is 4.03. The highest BCUT2D eigenvalue weighted by Crippen LogP contribution is 2.16. The summed E-state index contributed by atoms with van der Waals surface area (Å²) in [5.74, 6) is 5.41. The summed E-state index contributed by atoms with van der Waals surface area (Å²) >= 11 is 0. The highest BCUT2D eigenvalue weighted by Gasteiger charge is 2.26. The maximum absolute atomic E-state index is 12.3. The maximum Gasteiger partial charge on any atom is 0.244 e. The Labute approximate surface area is 111 Å². The van der Waals surface area contributed by atoms with Gasteiger partial charge in [-0.05, 0) is 12.1 Å². The molecular formula is C10H15N5O3S. The van der Waals surface area contributed by atoms with Crippen LogP contribution in [0.4, 0.5) is 5.82 Å². The van der Waals surface area contributed by atoms with Crippen LogP contribution in [0.3, 0.4) is 0 Å². The lowest BCUT2D eigenvalue weighted by Crippen LogP contribution is -2.34. The fourth-order valence-electron chi connectivity index (χ4n) is 1.75. The molecule has 104 valence electrons. The molecule has 0 saturated carbocycles. The Bertz CT molecular complexity index is 557. The average molecular weight is 285 g/mol. The van der Waals surface area contributed by atoms with Crippen molar-refractivity contribution in [2.45, 2.75) is 11.3 Å². The molecule has 4 N–H and O–H groups in total. The molecule has 9 heteroatoms. The number of aromatic nitrogens is 1. The number of hydrazine groups is 1. The molecular weight excluding hydrogens is 270 g/mol. The van der Waals surface area contributed by atoms with E-state index in [1.165, 1.54) is 22.6 Å². The van der Waals surface area contributed by atoms with Crippen LogP contribution in [0.2, 0.25) is 0 Å². The van der Waals surface area contributed by atoms with Crippen LogP contribution in [0.1, 0.15) is 6.42 Å². The van der Waals surface area contributed by atoms with Gasteiger partial charge in [0.25, 0.3) is 0 Å². The fraction of sp³-hybridized carbons (Fsp3) is 0.400. The van der Waals surface area contributed by atoms with E-state index in [-0.39, 0.29) is 30.3 Å². The number of nitrogens with two attached hydrogens (primary N) is 1. The predicted octanol–water partition coefficient (Wildman–Crippen LogP) is -1.12. The number of amides is 1. The monoisotopic (exact) mass is 285 g/mol. The Hall–Kier alpha value is -1.71. The van der Waals surface area contributed by atoms with Gasteiger partial charge in [-0.3, -0.25) is 4.79 Å². The zero-order valence-electron chi connectivity index (χ0n) is 10.2. The van der Waals surface area contributed by atoms with Crippen molar-refractivity contribution in [2.24, 2.45) is 5.84 Å². The molecule has 2 rings (SSSR count). The number of carbonyl (C=O) groups excluding carboxylic acids is 1. The number of nitrogens with one attached hydrogen (secondary N) is 2. The van der Waals surface area contributed by atoms with Crippen LogP contribution in [0.25, 0.3) is 0 Å². The second-order valence-corrected chi connectivity index (χ2v) is 5.97. The van der Waals surface area contributed by atoms with Gasteiger partial charge in [-0.2, -0.15) is 4.31 Å². The predicted molar refractivity (Wildman–Crippen MR) is 68.4 cm³/mol. The summed E-state index contributed by atoms with van der Waals surface area (Å²) < 4.78 is 26.0. The van der Waals surface area contributed by atoms with Crippen molar-refractivity contribution < 1.29 is 13.2 Å². The third-order valence-electron chi connectivity index (χ3n) is 2.79. The number of carbonyl (C=O) groups is 1. The van der Waals surface area contributed by atoms with E-state index in [1.807, 2.05) is 0 Å². The molecule has 0 unspecified atom stereocenters. The molecule has 0 atom stereocenters. The van der Waals surface area contributed by atoms with E-state index in [2.05, 4.69) is 15.7 Å². The molecule has 1 amide bonds. The zero-order chi connectivity index (χ0) is 13.9. The number of hydrogen-bond acceptors (Lipinski definition) is 6. The SMILES string of the molecule is NNc1ccc(S(=O)(=O)N2CCNC(=O)CC2)cn1. The van der Waals surface area contributed by atoms with Crippen molar-refractivity contribution >= 4 is 21.7 Å². The van der Waals surface area contributed by atoms with Crippen LogP contribution in [-0.2, 0) is 14.8 Å². The summed E-state index contributed by atoms with van der Waals surface area (Å²) in [5.41, 5.74) is 2.33. The topological polar surface area (TPSA) is 117 Å². The van der Waals surface area contributed by atoms with Gasteiger partial charge in [0.2, 0.25) is 15.9 Å². The van der Waals surface area contributed by atoms with Gasteiger partial charge < -0.3 is 10.7 Å². The number of anilines is 1. The normalized spacial score (nSPS) is 17.6. The molecule has 0 spiro atoms. The van der Waals surface area contributed by atoms with Crippen LogP contribution in [0.5, 0.6) is 0 Å². The highest BCUT2D eigenvalue weighted by atomic mass is 32.2. The molecule has 1 aromatic rings. The summed E-state index contributed by atoms with van der Waals surface area (Å²) in [6.07, 6.45) is 1.40. The smallest absolute Gasteiger partial charge is 0.244 e. The summed E-state index contributed by atoms with van der Waals surface area (Å²) in [6, 6.07) is 2.91. The summed E-state index contributed by atoms with van der Waals surface area (Å²) in [6.45, 7) is 0.740. The van der Waals surface area contributed by atoms with E-state index in [1.54, 1.807) is 0 Å². The Morgan fingerprint density at radius 3 is 2.79 bits per heavy atom. The lowest BCUT2D eigenvalue weighted by atomic mass is 10.4. The third kappa shape index (κ3) is 3.00. The first-order valence-electron chi connectivity index (χ1n) is 5.73. The second kappa shape index (κ2) is 5.51. The summed E-state index contributed by atoms with van der Waals surface area (Å²) in [7, 11) is -3.62. The molecule has 2 heterocycles. The Kier molecular flexibility index (Phi) is 3.98. The van der Waals surface area contributed by atoms with Gasteiger partial charge in [0, 0.05) is 32.3 Å². The van der Waals surface area contributed by atoms with Crippen molar-refractivity contribution in [1.29, 1.82) is 0 Å². The molecule has 0 aromatic carbocycles. The first kappa shape index (κ1) is 13.7. The zero-order valence-corrected chi connectivity index (χ0v) is 11.0. The number of sulfonamides is 1. The standard InChI is InChI=1S/C10H15N5O3S/c11-14-9-2-1-8(7-13-9)19(17,18)15-5-3-10(16)12-4-6-15/h1-2,7H,3-6,11H2,(H,12,16)(H,13,14). The van der Waals surface area contributed by atoms with Crippen molar-refractivity contribution in [3.8, 4) is 0 Å². The minimum atomic E-state index is -3.62. The third-order valence-corrected chi connectivity index (χ3v) is 4.68. The summed E-state index contributed by atoms with van der Waals surface area (Å²) in [5, 5.41) is 2.63. The number of nitrogens with zero attached hydrogens (tertiary/aromatic N) is 2. The molecule has 1 aliphatic heterocycles. The molecule has 0 aliphatic carbocycles. The van der Waals surface area contributed by atoms with Gasteiger partial charge >= 0.3 is 0 Å². The fourth-order valence-corrected chi connectivity index (χ4v) is 3.14. The van der Waals surface area contributed by atoms with Crippen LogP contribution >= 0.6 is 0 Å². The van der Waals surface area contributed by atoms with E-state index >= 15 is 0 Å².